The van der Waals surface area contributed by atoms with Gasteiger partial charge in [0, 0.05) is 30.8 Å². The quantitative estimate of drug-likeness (QED) is 0.631. The Hall–Kier alpha value is -2.63. The van der Waals surface area contributed by atoms with Gasteiger partial charge in [-0.3, -0.25) is 14.9 Å². The summed E-state index contributed by atoms with van der Waals surface area (Å²) in [6.07, 6.45) is 1.13. The molecule has 6 heteroatoms. The maximum absolute atomic E-state index is 12.6. The first-order valence-electron chi connectivity index (χ1n) is 8.08. The molecule has 0 aliphatic carbocycles. The van der Waals surface area contributed by atoms with Crippen LogP contribution in [0.15, 0.2) is 40.8 Å². The van der Waals surface area contributed by atoms with Crippen LogP contribution in [0.25, 0.3) is 11.3 Å². The summed E-state index contributed by atoms with van der Waals surface area (Å²) in [4.78, 5) is 24.7. The van der Waals surface area contributed by atoms with Gasteiger partial charge in [-0.25, -0.2) is 0 Å². The molecule has 2 heterocycles. The minimum Gasteiger partial charge on any atom is -0.451 e. The van der Waals surface area contributed by atoms with Crippen molar-refractivity contribution in [2.75, 3.05) is 13.1 Å². The van der Waals surface area contributed by atoms with E-state index in [9.17, 15) is 14.9 Å². The Morgan fingerprint density at radius 1 is 1.12 bits per heavy atom. The number of benzene rings is 1. The molecule has 1 aliphatic rings. The average Bonchev–Trinajstić information content (AvgIpc) is 3.03. The number of rotatable bonds is 3. The van der Waals surface area contributed by atoms with Crippen LogP contribution >= 0.6 is 0 Å². The topological polar surface area (TPSA) is 76.6 Å². The van der Waals surface area contributed by atoms with E-state index in [0.29, 0.717) is 28.9 Å². The lowest BCUT2D eigenvalue weighted by Gasteiger charge is -2.34. The summed E-state index contributed by atoms with van der Waals surface area (Å²) in [5.74, 6) is 1.72. The Morgan fingerprint density at radius 2 is 1.75 bits per heavy atom. The van der Waals surface area contributed by atoms with Gasteiger partial charge in [0.25, 0.3) is 11.6 Å². The number of furan rings is 1. The normalized spacial score (nSPS) is 20.8. The third kappa shape index (κ3) is 3.32. The van der Waals surface area contributed by atoms with Crippen molar-refractivity contribution >= 4 is 11.6 Å². The molecule has 126 valence electrons. The Labute approximate surface area is 140 Å². The molecule has 0 saturated carbocycles. The standard InChI is InChI=1S/C18H20N2O4/c1-12-9-13(2)11-19(10-12)18(21)17-8-7-16(24-17)14-3-5-15(6-4-14)20(22)23/h3-8,12-13H,9-11H2,1-2H3/t12-,13-/m1/s1. The minimum absolute atomic E-state index is 0.0258. The second kappa shape index (κ2) is 6.47. The highest BCUT2D eigenvalue weighted by Gasteiger charge is 2.27. The van der Waals surface area contributed by atoms with Crippen molar-refractivity contribution in [3.05, 3.63) is 52.3 Å². The van der Waals surface area contributed by atoms with Crippen LogP contribution in [0.3, 0.4) is 0 Å². The van der Waals surface area contributed by atoms with Gasteiger partial charge in [-0.05, 0) is 42.5 Å². The number of hydrogen-bond acceptors (Lipinski definition) is 4. The van der Waals surface area contributed by atoms with Crippen molar-refractivity contribution in [1.29, 1.82) is 0 Å². The second-order valence-corrected chi connectivity index (χ2v) is 6.62. The molecule has 6 nitrogen and oxygen atoms in total. The summed E-state index contributed by atoms with van der Waals surface area (Å²) in [6, 6.07) is 9.49. The van der Waals surface area contributed by atoms with Gasteiger partial charge < -0.3 is 9.32 Å². The summed E-state index contributed by atoms with van der Waals surface area (Å²) >= 11 is 0. The lowest BCUT2D eigenvalue weighted by Crippen LogP contribution is -2.42. The van der Waals surface area contributed by atoms with Gasteiger partial charge in [0.2, 0.25) is 0 Å². The number of carbonyl (C=O) groups excluding carboxylic acids is 1. The zero-order chi connectivity index (χ0) is 17.3. The molecule has 1 aromatic heterocycles. The fraction of sp³-hybridized carbons (Fsp3) is 0.389. The fourth-order valence-electron chi connectivity index (χ4n) is 3.34. The molecule has 0 N–H and O–H groups in total. The highest BCUT2D eigenvalue weighted by Crippen LogP contribution is 2.27. The van der Waals surface area contributed by atoms with E-state index in [1.54, 1.807) is 24.3 Å². The van der Waals surface area contributed by atoms with Crippen LogP contribution in [-0.4, -0.2) is 28.8 Å². The van der Waals surface area contributed by atoms with Crippen LogP contribution in [0.1, 0.15) is 30.8 Å². The number of nitro benzene ring substituents is 1. The summed E-state index contributed by atoms with van der Waals surface area (Å²) in [5.41, 5.74) is 0.734. The molecule has 0 unspecified atom stereocenters. The van der Waals surface area contributed by atoms with Crippen molar-refractivity contribution in [1.82, 2.24) is 4.90 Å². The summed E-state index contributed by atoms with van der Waals surface area (Å²) in [5, 5.41) is 10.7. The molecule has 3 rings (SSSR count). The third-order valence-electron chi connectivity index (χ3n) is 4.34. The molecule has 1 aromatic carbocycles. The Morgan fingerprint density at radius 3 is 2.33 bits per heavy atom. The van der Waals surface area contributed by atoms with Crippen molar-refractivity contribution in [2.45, 2.75) is 20.3 Å². The molecule has 2 aromatic rings. The number of carbonyl (C=O) groups is 1. The van der Waals surface area contributed by atoms with Crippen molar-refractivity contribution < 1.29 is 14.1 Å². The van der Waals surface area contributed by atoms with Crippen molar-refractivity contribution in [3.8, 4) is 11.3 Å². The van der Waals surface area contributed by atoms with Crippen molar-refractivity contribution in [3.63, 3.8) is 0 Å². The van der Waals surface area contributed by atoms with E-state index in [-0.39, 0.29) is 11.6 Å². The van der Waals surface area contributed by atoms with Gasteiger partial charge in [0.1, 0.15) is 5.76 Å². The summed E-state index contributed by atoms with van der Waals surface area (Å²) in [6.45, 7) is 5.80. The highest BCUT2D eigenvalue weighted by atomic mass is 16.6. The first-order valence-corrected chi connectivity index (χ1v) is 8.08. The van der Waals surface area contributed by atoms with Gasteiger partial charge in [0.15, 0.2) is 5.76 Å². The lowest BCUT2D eigenvalue weighted by atomic mass is 9.92. The number of non-ortho nitro benzene ring substituents is 1. The van der Waals surface area contributed by atoms with Gasteiger partial charge in [0.05, 0.1) is 4.92 Å². The number of nitro groups is 1. The number of nitrogens with zero attached hydrogens (tertiary/aromatic N) is 2. The van der Waals surface area contributed by atoms with E-state index in [1.807, 2.05) is 4.90 Å². The molecule has 2 atom stereocenters. The molecular formula is C18H20N2O4. The number of hydrogen-bond donors (Lipinski definition) is 0. The molecule has 1 saturated heterocycles. The Kier molecular flexibility index (Phi) is 4.38. The van der Waals surface area contributed by atoms with Crippen LogP contribution < -0.4 is 0 Å². The fourth-order valence-corrected chi connectivity index (χ4v) is 3.34. The molecule has 24 heavy (non-hydrogen) atoms. The van der Waals surface area contributed by atoms with E-state index in [4.69, 9.17) is 4.42 Å². The Bertz CT molecular complexity index is 741. The molecule has 1 fully saturated rings. The van der Waals surface area contributed by atoms with E-state index >= 15 is 0 Å². The van der Waals surface area contributed by atoms with E-state index in [0.717, 1.165) is 19.5 Å². The third-order valence-corrected chi connectivity index (χ3v) is 4.34. The summed E-state index contributed by atoms with van der Waals surface area (Å²) in [7, 11) is 0. The maximum atomic E-state index is 12.6. The first kappa shape index (κ1) is 16.2. The van der Waals surface area contributed by atoms with E-state index in [2.05, 4.69) is 13.8 Å². The minimum atomic E-state index is -0.445. The molecule has 0 spiro atoms. The number of likely N-dealkylation sites (tertiary alicyclic amines) is 1. The zero-order valence-corrected chi connectivity index (χ0v) is 13.8. The van der Waals surface area contributed by atoms with Gasteiger partial charge in [-0.2, -0.15) is 0 Å². The maximum Gasteiger partial charge on any atom is 0.289 e. The van der Waals surface area contributed by atoms with Gasteiger partial charge in [-0.15, -0.1) is 0 Å². The van der Waals surface area contributed by atoms with E-state index < -0.39 is 4.92 Å². The lowest BCUT2D eigenvalue weighted by molar-refractivity contribution is -0.384. The first-order chi connectivity index (χ1) is 11.4. The molecule has 1 aliphatic heterocycles. The largest absolute Gasteiger partial charge is 0.451 e. The molecule has 0 radical (unpaired) electrons. The van der Waals surface area contributed by atoms with Gasteiger partial charge >= 0.3 is 0 Å². The predicted octanol–water partition coefficient (Wildman–Crippen LogP) is 3.97. The number of amides is 1. The van der Waals surface area contributed by atoms with Gasteiger partial charge in [-0.1, -0.05) is 13.8 Å². The van der Waals surface area contributed by atoms with Crippen LogP contribution in [-0.2, 0) is 0 Å². The second-order valence-electron chi connectivity index (χ2n) is 6.62. The summed E-state index contributed by atoms with van der Waals surface area (Å²) < 4.78 is 5.69. The smallest absolute Gasteiger partial charge is 0.289 e. The van der Waals surface area contributed by atoms with Crippen LogP contribution in [0.2, 0.25) is 0 Å². The number of piperidine rings is 1. The average molecular weight is 328 g/mol. The highest BCUT2D eigenvalue weighted by molar-refractivity contribution is 5.92. The molecular weight excluding hydrogens is 308 g/mol. The van der Waals surface area contributed by atoms with Crippen LogP contribution in [0.5, 0.6) is 0 Å². The molecule has 1 amide bonds. The predicted molar refractivity (Wildman–Crippen MR) is 89.6 cm³/mol. The zero-order valence-electron chi connectivity index (χ0n) is 13.8. The SMILES string of the molecule is C[C@@H]1C[C@@H](C)CN(C(=O)c2ccc(-c3ccc([N+](=O)[O-])cc3)o2)C1. The molecule has 0 bridgehead atoms. The monoisotopic (exact) mass is 328 g/mol. The van der Waals surface area contributed by atoms with Crippen molar-refractivity contribution in [2.24, 2.45) is 11.8 Å². The van der Waals surface area contributed by atoms with Crippen LogP contribution in [0.4, 0.5) is 5.69 Å². The van der Waals surface area contributed by atoms with E-state index in [1.165, 1.54) is 12.1 Å². The van der Waals surface area contributed by atoms with Crippen LogP contribution in [0, 0.1) is 22.0 Å². The Balaban J connectivity index is 1.77.